The number of fused-ring (bicyclic) bond motifs is 3. The average Bonchev–Trinajstić information content (AvgIpc) is 2.64. The second-order valence-electron chi connectivity index (χ2n) is 10.1. The number of benzene rings is 1. The normalized spacial score (nSPS) is 28.8. The zero-order valence-electron chi connectivity index (χ0n) is 18.6. The molecule has 3 rings (SSSR count). The lowest BCUT2D eigenvalue weighted by molar-refractivity contribution is -0.117. The second kappa shape index (κ2) is 7.91. The molecule has 2 aliphatic carbocycles. The zero-order valence-corrected chi connectivity index (χ0v) is 18.6. The van der Waals surface area contributed by atoms with Gasteiger partial charge in [-0.25, -0.2) is 0 Å². The number of hydrogen-bond donors (Lipinski definition) is 1. The molecule has 0 radical (unpaired) electrons. The van der Waals surface area contributed by atoms with Gasteiger partial charge in [0.15, 0.2) is 0 Å². The molecular weight excluding hydrogens is 342 g/mol. The van der Waals surface area contributed by atoms with Gasteiger partial charge < -0.3 is 5.32 Å². The maximum absolute atomic E-state index is 12.2. The molecule has 0 saturated heterocycles. The lowest BCUT2D eigenvalue weighted by Gasteiger charge is -2.55. The quantitative estimate of drug-likeness (QED) is 0.500. The number of carbonyl (C=O) groups is 1. The monoisotopic (exact) mass is 379 g/mol. The van der Waals surface area contributed by atoms with Crippen molar-refractivity contribution in [1.29, 1.82) is 0 Å². The summed E-state index contributed by atoms with van der Waals surface area (Å²) in [6.45, 7) is 14.1. The fourth-order valence-electron chi connectivity index (χ4n) is 5.76. The Morgan fingerprint density at radius 3 is 2.71 bits per heavy atom. The van der Waals surface area contributed by atoms with Gasteiger partial charge in [-0.2, -0.15) is 0 Å². The van der Waals surface area contributed by atoms with Gasteiger partial charge >= 0.3 is 0 Å². The van der Waals surface area contributed by atoms with E-state index in [1.54, 1.807) is 17.2 Å². The van der Waals surface area contributed by atoms with E-state index in [-0.39, 0.29) is 16.7 Å². The molecule has 2 aliphatic rings. The van der Waals surface area contributed by atoms with E-state index in [1.165, 1.54) is 31.2 Å². The van der Waals surface area contributed by atoms with E-state index in [4.69, 9.17) is 0 Å². The van der Waals surface area contributed by atoms with Crippen LogP contribution in [0.1, 0.15) is 89.8 Å². The molecule has 152 valence electrons. The lowest BCUT2D eigenvalue weighted by atomic mass is 9.49. The summed E-state index contributed by atoms with van der Waals surface area (Å²) in [4.78, 5) is 12.2. The van der Waals surface area contributed by atoms with Gasteiger partial charge in [0.25, 0.3) is 5.91 Å². The van der Waals surface area contributed by atoms with Crippen molar-refractivity contribution in [2.45, 2.75) is 85.0 Å². The van der Waals surface area contributed by atoms with Crippen LogP contribution in [0.5, 0.6) is 0 Å². The van der Waals surface area contributed by atoms with Crippen molar-refractivity contribution < 1.29 is 4.79 Å². The Kier molecular flexibility index (Phi) is 5.92. The van der Waals surface area contributed by atoms with E-state index in [2.05, 4.69) is 56.9 Å². The summed E-state index contributed by atoms with van der Waals surface area (Å²) in [5.41, 5.74) is 8.99. The fourth-order valence-corrected chi connectivity index (χ4v) is 5.76. The Balaban J connectivity index is 1.84. The standard InChI is InChI=1S/C26H37NO/c1-18(2)8-13-24(28)27-17-25(5)14-7-15-26(6)22-11-9-20(19(3)4)16-21(22)10-12-23(25)26/h9,11,13,16,19,23H,7,10,12,14-15,17H2,1-6H3,(H,27,28)/t23-,25-,26+/m0/s1. The summed E-state index contributed by atoms with van der Waals surface area (Å²) in [7, 11) is 0. The molecule has 1 N–H and O–H groups in total. The molecule has 1 amide bonds. The molecule has 1 aromatic carbocycles. The van der Waals surface area contributed by atoms with E-state index < -0.39 is 0 Å². The summed E-state index contributed by atoms with van der Waals surface area (Å²) in [6.07, 6.45) is 7.61. The zero-order chi connectivity index (χ0) is 20.5. The summed E-state index contributed by atoms with van der Waals surface area (Å²) >= 11 is 0. The third-order valence-electron chi connectivity index (χ3n) is 7.33. The number of nitrogens with one attached hydrogen (secondary N) is 1. The molecule has 0 heterocycles. The number of aryl methyl sites for hydroxylation is 1. The molecule has 0 aromatic heterocycles. The molecule has 0 aliphatic heterocycles. The minimum Gasteiger partial charge on any atom is -0.351 e. The van der Waals surface area contributed by atoms with Gasteiger partial charge in [0.05, 0.1) is 0 Å². The van der Waals surface area contributed by atoms with E-state index in [0.717, 1.165) is 18.5 Å². The second-order valence-corrected chi connectivity index (χ2v) is 10.1. The van der Waals surface area contributed by atoms with Gasteiger partial charge in [0, 0.05) is 12.6 Å². The highest BCUT2D eigenvalue weighted by Gasteiger charge is 2.51. The first-order chi connectivity index (χ1) is 13.2. The Bertz CT molecular complexity index is 810. The summed E-state index contributed by atoms with van der Waals surface area (Å²) in [5, 5.41) is 3.18. The van der Waals surface area contributed by atoms with Crippen molar-refractivity contribution in [3.05, 3.63) is 52.3 Å². The van der Waals surface area contributed by atoms with Crippen LogP contribution >= 0.6 is 0 Å². The molecule has 1 aromatic rings. The highest BCUT2D eigenvalue weighted by atomic mass is 16.1. The molecule has 0 bridgehead atoms. The van der Waals surface area contributed by atoms with Gasteiger partial charge in [0.2, 0.25) is 0 Å². The molecule has 0 unspecified atom stereocenters. The summed E-state index contributed by atoms with van der Waals surface area (Å²) in [5.74, 6) is 1.17. The van der Waals surface area contributed by atoms with E-state index in [1.807, 2.05) is 13.8 Å². The summed E-state index contributed by atoms with van der Waals surface area (Å²) in [6, 6.07) is 7.22. The number of carbonyl (C=O) groups excluding carboxylic acids is 1. The maximum atomic E-state index is 12.2. The van der Waals surface area contributed by atoms with Crippen molar-refractivity contribution in [2.75, 3.05) is 6.54 Å². The number of hydrogen-bond acceptors (Lipinski definition) is 1. The SMILES string of the molecule is CC(C)=C=CC(=O)NC[C@]1(C)CCC[C@]2(C)c3ccc(C(C)C)cc3CC[C@@H]12. The fraction of sp³-hybridized carbons (Fsp3) is 0.615. The molecule has 1 saturated carbocycles. The van der Waals surface area contributed by atoms with Gasteiger partial charge in [-0.1, -0.05) is 52.3 Å². The maximum Gasteiger partial charge on any atom is 0.251 e. The van der Waals surface area contributed by atoms with Crippen LogP contribution in [0.15, 0.2) is 35.6 Å². The van der Waals surface area contributed by atoms with Gasteiger partial charge in [-0.05, 0) is 84.5 Å². The van der Waals surface area contributed by atoms with Crippen LogP contribution in [0, 0.1) is 11.3 Å². The predicted octanol–water partition coefficient (Wildman–Crippen LogP) is 6.06. The average molecular weight is 380 g/mol. The van der Waals surface area contributed by atoms with Gasteiger partial charge in [-0.15, -0.1) is 5.73 Å². The van der Waals surface area contributed by atoms with Crippen molar-refractivity contribution in [3.63, 3.8) is 0 Å². The Hall–Kier alpha value is -1.79. The highest BCUT2D eigenvalue weighted by molar-refractivity contribution is 5.87. The molecule has 28 heavy (non-hydrogen) atoms. The van der Waals surface area contributed by atoms with Crippen LogP contribution in [0.3, 0.4) is 0 Å². The Morgan fingerprint density at radius 2 is 2.04 bits per heavy atom. The lowest BCUT2D eigenvalue weighted by Crippen LogP contribution is -2.53. The Morgan fingerprint density at radius 1 is 1.29 bits per heavy atom. The van der Waals surface area contributed by atoms with Crippen molar-refractivity contribution in [2.24, 2.45) is 11.3 Å². The van der Waals surface area contributed by atoms with Crippen LogP contribution in [0.25, 0.3) is 0 Å². The minimum absolute atomic E-state index is 0.0208. The molecule has 2 heteroatoms. The van der Waals surface area contributed by atoms with Crippen LogP contribution in [0.4, 0.5) is 0 Å². The van der Waals surface area contributed by atoms with Crippen molar-refractivity contribution >= 4 is 5.91 Å². The van der Waals surface area contributed by atoms with Crippen molar-refractivity contribution in [1.82, 2.24) is 5.32 Å². The van der Waals surface area contributed by atoms with Crippen LogP contribution in [-0.4, -0.2) is 12.5 Å². The number of rotatable bonds is 4. The third kappa shape index (κ3) is 3.98. The molecule has 3 atom stereocenters. The Labute approximate surface area is 171 Å². The smallest absolute Gasteiger partial charge is 0.251 e. The predicted molar refractivity (Wildman–Crippen MR) is 118 cm³/mol. The van der Waals surface area contributed by atoms with Crippen LogP contribution < -0.4 is 5.32 Å². The summed E-state index contributed by atoms with van der Waals surface area (Å²) < 4.78 is 0. The van der Waals surface area contributed by atoms with Gasteiger partial charge in [0.1, 0.15) is 0 Å². The van der Waals surface area contributed by atoms with E-state index in [9.17, 15) is 4.79 Å². The largest absolute Gasteiger partial charge is 0.351 e. The first-order valence-electron chi connectivity index (χ1n) is 11.0. The van der Waals surface area contributed by atoms with Crippen LogP contribution in [0.2, 0.25) is 0 Å². The highest BCUT2D eigenvalue weighted by Crippen LogP contribution is 2.57. The first kappa shape index (κ1) is 20.9. The molecule has 0 spiro atoms. The molecule has 1 fully saturated rings. The van der Waals surface area contributed by atoms with Crippen molar-refractivity contribution in [3.8, 4) is 0 Å². The topological polar surface area (TPSA) is 29.1 Å². The third-order valence-corrected chi connectivity index (χ3v) is 7.33. The van der Waals surface area contributed by atoms with E-state index in [0.29, 0.717) is 11.8 Å². The van der Waals surface area contributed by atoms with E-state index >= 15 is 0 Å². The molecule has 2 nitrogen and oxygen atoms in total. The van der Waals surface area contributed by atoms with Crippen LogP contribution in [-0.2, 0) is 16.6 Å². The molecular formula is C26H37NO. The number of amides is 1. The first-order valence-corrected chi connectivity index (χ1v) is 11.0. The van der Waals surface area contributed by atoms with Gasteiger partial charge in [-0.3, -0.25) is 4.79 Å². The minimum atomic E-state index is -0.0208.